The lowest BCUT2D eigenvalue weighted by molar-refractivity contribution is -0.137. The molecule has 0 aromatic heterocycles. The molecular weight excluding hydrogens is 278 g/mol. The van der Waals surface area contributed by atoms with Crippen molar-refractivity contribution in [2.24, 2.45) is 5.92 Å². The highest BCUT2D eigenvalue weighted by Crippen LogP contribution is 2.25. The molecule has 0 aliphatic heterocycles. The van der Waals surface area contributed by atoms with Crippen LogP contribution in [0.5, 0.6) is 0 Å². The number of rotatable bonds is 3. The van der Waals surface area contributed by atoms with E-state index in [1.807, 2.05) is 0 Å². The number of carbonyl (C=O) groups is 2. The summed E-state index contributed by atoms with van der Waals surface area (Å²) in [5.74, 6) is -1.05. The third-order valence-electron chi connectivity index (χ3n) is 3.04. The first-order valence-electron chi connectivity index (χ1n) is 6.76. The number of hydrogen-bond donors (Lipinski definition) is 3. The number of esters is 1. The van der Waals surface area contributed by atoms with Gasteiger partial charge in [0.25, 0.3) is 0 Å². The van der Waals surface area contributed by atoms with E-state index in [0.717, 1.165) is 0 Å². The van der Waals surface area contributed by atoms with E-state index < -0.39 is 35.8 Å². The molecule has 7 heteroatoms. The van der Waals surface area contributed by atoms with Gasteiger partial charge in [-0.2, -0.15) is 0 Å². The molecule has 0 heterocycles. The number of carbonyl (C=O) groups excluding carboxylic acids is 2. The summed E-state index contributed by atoms with van der Waals surface area (Å²) in [5.41, 5.74) is -0.336. The number of ether oxygens (including phenoxy) is 2. The Labute approximate surface area is 123 Å². The molecule has 1 amide bonds. The van der Waals surface area contributed by atoms with Gasteiger partial charge in [0.15, 0.2) is 0 Å². The lowest BCUT2D eigenvalue weighted by atomic mass is 9.84. The van der Waals surface area contributed by atoms with E-state index in [4.69, 9.17) is 4.74 Å². The largest absolute Gasteiger partial charge is 0.466 e. The summed E-state index contributed by atoms with van der Waals surface area (Å²) in [6.45, 7) is 5.30. The van der Waals surface area contributed by atoms with Gasteiger partial charge in [-0.3, -0.25) is 0 Å². The molecule has 0 aromatic carbocycles. The van der Waals surface area contributed by atoms with Crippen LogP contribution < -0.4 is 5.32 Å². The molecule has 0 saturated carbocycles. The second kappa shape index (κ2) is 6.91. The van der Waals surface area contributed by atoms with Crippen LogP contribution in [0.1, 0.15) is 27.2 Å². The number of aliphatic hydroxyl groups is 2. The summed E-state index contributed by atoms with van der Waals surface area (Å²) in [6, 6.07) is 0. The zero-order chi connectivity index (χ0) is 16.2. The first-order valence-corrected chi connectivity index (χ1v) is 6.76. The molecule has 1 aliphatic rings. The normalized spacial score (nSPS) is 25.8. The van der Waals surface area contributed by atoms with Gasteiger partial charge in [0.1, 0.15) is 5.60 Å². The van der Waals surface area contributed by atoms with Gasteiger partial charge in [0.2, 0.25) is 0 Å². The van der Waals surface area contributed by atoms with Crippen molar-refractivity contribution in [2.75, 3.05) is 13.7 Å². The minimum absolute atomic E-state index is 0.0848. The Morgan fingerprint density at radius 2 is 2.00 bits per heavy atom. The Bertz CT molecular complexity index is 426. The van der Waals surface area contributed by atoms with Crippen LogP contribution in [-0.4, -0.2) is 53.7 Å². The zero-order valence-electron chi connectivity index (χ0n) is 12.8. The molecule has 1 rings (SSSR count). The lowest BCUT2D eigenvalue weighted by Gasteiger charge is -2.31. The monoisotopic (exact) mass is 301 g/mol. The van der Waals surface area contributed by atoms with E-state index in [2.05, 4.69) is 10.1 Å². The molecule has 0 spiro atoms. The van der Waals surface area contributed by atoms with E-state index in [0.29, 0.717) is 0 Å². The molecule has 0 fully saturated rings. The number of amides is 1. The van der Waals surface area contributed by atoms with E-state index in [-0.39, 0.29) is 18.5 Å². The van der Waals surface area contributed by atoms with Gasteiger partial charge in [0.05, 0.1) is 19.3 Å². The van der Waals surface area contributed by atoms with Crippen molar-refractivity contribution < 1.29 is 29.3 Å². The van der Waals surface area contributed by atoms with Crippen LogP contribution in [0.3, 0.4) is 0 Å². The van der Waals surface area contributed by atoms with Crippen LogP contribution >= 0.6 is 0 Å². The SMILES string of the molecule is COC(=O)C1=C[C@@H](O)[C@@H](O)[C@H](CNC(=O)OC(C)(C)C)C1. The van der Waals surface area contributed by atoms with Gasteiger partial charge in [-0.05, 0) is 33.3 Å². The van der Waals surface area contributed by atoms with Crippen molar-refractivity contribution in [3.8, 4) is 0 Å². The Balaban J connectivity index is 2.61. The number of alkyl carbamates (subject to hydrolysis) is 1. The zero-order valence-corrected chi connectivity index (χ0v) is 12.8. The smallest absolute Gasteiger partial charge is 0.407 e. The number of hydrogen-bond acceptors (Lipinski definition) is 6. The molecule has 0 radical (unpaired) electrons. The van der Waals surface area contributed by atoms with Gasteiger partial charge in [-0.15, -0.1) is 0 Å². The summed E-state index contributed by atoms with van der Waals surface area (Å²) in [6.07, 6.45) is -1.36. The summed E-state index contributed by atoms with van der Waals surface area (Å²) in [4.78, 5) is 23.1. The van der Waals surface area contributed by atoms with Gasteiger partial charge >= 0.3 is 12.1 Å². The van der Waals surface area contributed by atoms with Gasteiger partial charge in [-0.25, -0.2) is 9.59 Å². The highest BCUT2D eigenvalue weighted by Gasteiger charge is 2.33. The molecule has 7 nitrogen and oxygen atoms in total. The second-order valence-electron chi connectivity index (χ2n) is 6.01. The maximum Gasteiger partial charge on any atom is 0.407 e. The number of methoxy groups -OCH3 is 1. The Hall–Kier alpha value is -1.60. The summed E-state index contributed by atoms with van der Waals surface area (Å²) in [7, 11) is 1.24. The Kier molecular flexibility index (Phi) is 5.74. The summed E-state index contributed by atoms with van der Waals surface area (Å²) >= 11 is 0. The minimum atomic E-state index is -1.17. The third-order valence-corrected chi connectivity index (χ3v) is 3.04. The minimum Gasteiger partial charge on any atom is -0.466 e. The molecule has 0 bridgehead atoms. The average molecular weight is 301 g/mol. The fourth-order valence-corrected chi connectivity index (χ4v) is 2.06. The van der Waals surface area contributed by atoms with Crippen molar-refractivity contribution in [3.63, 3.8) is 0 Å². The van der Waals surface area contributed by atoms with Crippen LogP contribution in [0.15, 0.2) is 11.6 Å². The first kappa shape index (κ1) is 17.5. The standard InChI is InChI=1S/C14H23NO6/c1-14(2,3)21-13(19)15-7-9-5-8(12(18)20-4)6-10(16)11(9)17/h6,9-11,16-17H,5,7H2,1-4H3,(H,15,19)/t9-,10+,11-/m0/s1. The quantitative estimate of drug-likeness (QED) is 0.650. The molecule has 0 unspecified atom stereocenters. The Morgan fingerprint density at radius 3 is 2.52 bits per heavy atom. The second-order valence-corrected chi connectivity index (χ2v) is 6.01. The molecule has 120 valence electrons. The van der Waals surface area contributed by atoms with Gasteiger partial charge in [-0.1, -0.05) is 0 Å². The highest BCUT2D eigenvalue weighted by molar-refractivity contribution is 5.88. The van der Waals surface area contributed by atoms with Gasteiger partial charge in [0, 0.05) is 18.0 Å². The molecule has 1 aliphatic carbocycles. The van der Waals surface area contributed by atoms with Crippen LogP contribution in [0.2, 0.25) is 0 Å². The predicted molar refractivity (Wildman–Crippen MR) is 74.5 cm³/mol. The predicted octanol–water partition coefficient (Wildman–Crippen LogP) is 0.352. The van der Waals surface area contributed by atoms with E-state index >= 15 is 0 Å². The summed E-state index contributed by atoms with van der Waals surface area (Å²) < 4.78 is 9.69. The van der Waals surface area contributed by atoms with Gasteiger partial charge < -0.3 is 25.0 Å². The highest BCUT2D eigenvalue weighted by atomic mass is 16.6. The molecule has 21 heavy (non-hydrogen) atoms. The topological polar surface area (TPSA) is 105 Å². The van der Waals surface area contributed by atoms with Crippen molar-refractivity contribution >= 4 is 12.1 Å². The van der Waals surface area contributed by atoms with E-state index in [1.165, 1.54) is 13.2 Å². The van der Waals surface area contributed by atoms with Crippen LogP contribution in [0, 0.1) is 5.92 Å². The van der Waals surface area contributed by atoms with Crippen LogP contribution in [0.4, 0.5) is 4.79 Å². The summed E-state index contributed by atoms with van der Waals surface area (Å²) in [5, 5.41) is 22.2. The molecule has 0 saturated heterocycles. The number of nitrogens with one attached hydrogen (secondary N) is 1. The molecule has 3 atom stereocenters. The molecular formula is C14H23NO6. The fourth-order valence-electron chi connectivity index (χ4n) is 2.06. The third kappa shape index (κ3) is 5.35. The maximum absolute atomic E-state index is 11.6. The van der Waals surface area contributed by atoms with E-state index in [1.54, 1.807) is 20.8 Å². The first-order chi connectivity index (χ1) is 9.64. The van der Waals surface area contributed by atoms with Crippen LogP contribution in [-0.2, 0) is 14.3 Å². The van der Waals surface area contributed by atoms with Crippen molar-refractivity contribution in [1.29, 1.82) is 0 Å². The molecule has 3 N–H and O–H groups in total. The van der Waals surface area contributed by atoms with Crippen molar-refractivity contribution in [1.82, 2.24) is 5.32 Å². The fraction of sp³-hybridized carbons (Fsp3) is 0.714. The average Bonchev–Trinajstić information content (AvgIpc) is 2.37. The van der Waals surface area contributed by atoms with Crippen molar-refractivity contribution in [2.45, 2.75) is 45.0 Å². The maximum atomic E-state index is 11.6. The number of aliphatic hydroxyl groups excluding tert-OH is 2. The van der Waals surface area contributed by atoms with E-state index in [9.17, 15) is 19.8 Å². The Morgan fingerprint density at radius 1 is 1.38 bits per heavy atom. The van der Waals surface area contributed by atoms with Crippen molar-refractivity contribution in [3.05, 3.63) is 11.6 Å². The lowest BCUT2D eigenvalue weighted by Crippen LogP contribution is -2.44. The van der Waals surface area contributed by atoms with Crippen LogP contribution in [0.25, 0.3) is 0 Å². The molecule has 0 aromatic rings.